The summed E-state index contributed by atoms with van der Waals surface area (Å²) in [5.74, 6) is 0.0313. The van der Waals surface area contributed by atoms with Crippen molar-refractivity contribution in [1.29, 1.82) is 0 Å². The molecule has 0 aliphatic carbocycles. The number of likely N-dealkylation sites (N-methyl/N-ethyl adjacent to an activating group) is 1. The molecule has 0 saturated carbocycles. The maximum absolute atomic E-state index is 14.3. The molecule has 3 rings (SSSR count). The van der Waals surface area contributed by atoms with Crippen LogP contribution < -0.4 is 24.8 Å². The van der Waals surface area contributed by atoms with E-state index in [0.717, 1.165) is 0 Å². The smallest absolute Gasteiger partial charge is 0.262 e. The predicted molar refractivity (Wildman–Crippen MR) is 129 cm³/mol. The van der Waals surface area contributed by atoms with Gasteiger partial charge >= 0.3 is 0 Å². The van der Waals surface area contributed by atoms with Gasteiger partial charge in [0.15, 0.2) is 0 Å². The first-order chi connectivity index (χ1) is 16.2. The van der Waals surface area contributed by atoms with E-state index in [4.69, 9.17) is 9.47 Å². The van der Waals surface area contributed by atoms with Crippen LogP contribution in [0.1, 0.15) is 6.92 Å². The summed E-state index contributed by atoms with van der Waals surface area (Å²) in [6.45, 7) is 1.70. The van der Waals surface area contributed by atoms with Crippen LogP contribution in [-0.4, -0.2) is 41.6 Å². The van der Waals surface area contributed by atoms with Crippen LogP contribution in [0.4, 0.5) is 15.8 Å². The van der Waals surface area contributed by atoms with Gasteiger partial charge in [0.2, 0.25) is 5.91 Å². The summed E-state index contributed by atoms with van der Waals surface area (Å²) < 4.78 is 53.2. The van der Waals surface area contributed by atoms with Crippen molar-refractivity contribution < 1.29 is 27.1 Å². The average Bonchev–Trinajstić information content (AvgIpc) is 2.84. The molecule has 34 heavy (non-hydrogen) atoms. The summed E-state index contributed by atoms with van der Waals surface area (Å²) >= 11 is 0. The van der Waals surface area contributed by atoms with Crippen molar-refractivity contribution in [2.45, 2.75) is 17.9 Å². The number of benzene rings is 3. The summed E-state index contributed by atoms with van der Waals surface area (Å²) in [4.78, 5) is 12.1. The number of hydrogen-bond donors (Lipinski definition) is 3. The van der Waals surface area contributed by atoms with Gasteiger partial charge in [-0.1, -0.05) is 12.1 Å². The maximum Gasteiger partial charge on any atom is 0.262 e. The molecule has 0 spiro atoms. The zero-order chi connectivity index (χ0) is 24.9. The monoisotopic (exact) mass is 487 g/mol. The molecule has 1 atom stereocenters. The minimum Gasteiger partial charge on any atom is -0.497 e. The van der Waals surface area contributed by atoms with Crippen LogP contribution in [0.15, 0.2) is 65.6 Å². The predicted octanol–water partition coefficient (Wildman–Crippen LogP) is 3.86. The van der Waals surface area contributed by atoms with Crippen molar-refractivity contribution in [3.05, 3.63) is 66.5 Å². The van der Waals surface area contributed by atoms with Gasteiger partial charge in [-0.05, 0) is 68.1 Å². The number of nitrogens with one attached hydrogen (secondary N) is 3. The Kier molecular flexibility index (Phi) is 7.75. The number of amides is 1. The number of anilines is 2. The van der Waals surface area contributed by atoms with Gasteiger partial charge in [0.05, 0.1) is 30.8 Å². The number of carbonyl (C=O) groups excluding carboxylic acids is 1. The minimum atomic E-state index is -4.01. The Hall–Kier alpha value is -3.63. The van der Waals surface area contributed by atoms with E-state index < -0.39 is 21.9 Å². The van der Waals surface area contributed by atoms with Crippen LogP contribution in [0.2, 0.25) is 0 Å². The molecule has 0 aliphatic rings. The fourth-order valence-electron chi connectivity index (χ4n) is 3.12. The van der Waals surface area contributed by atoms with E-state index in [2.05, 4.69) is 15.4 Å². The normalized spacial score (nSPS) is 12.0. The van der Waals surface area contributed by atoms with Gasteiger partial charge in [0.1, 0.15) is 17.3 Å². The van der Waals surface area contributed by atoms with Crippen LogP contribution >= 0.6 is 0 Å². The molecule has 1 amide bonds. The number of hydrogen-bond acceptors (Lipinski definition) is 6. The SMILES string of the molecule is CN[C@@H](C)C(=O)Nc1ccc(OC)c(NS(=O)(=O)c2ccc(-c3cc(OC)ccc3F)cc2)c1. The molecule has 0 fully saturated rings. The molecule has 8 nitrogen and oxygen atoms in total. The van der Waals surface area contributed by atoms with Crippen LogP contribution in [0.5, 0.6) is 11.5 Å². The lowest BCUT2D eigenvalue weighted by molar-refractivity contribution is -0.117. The van der Waals surface area contributed by atoms with E-state index in [1.165, 1.54) is 62.8 Å². The summed E-state index contributed by atoms with van der Waals surface area (Å²) in [6.07, 6.45) is 0. The third kappa shape index (κ3) is 5.64. The highest BCUT2D eigenvalue weighted by molar-refractivity contribution is 7.92. The van der Waals surface area contributed by atoms with E-state index in [1.807, 2.05) is 0 Å². The van der Waals surface area contributed by atoms with Gasteiger partial charge in [-0.3, -0.25) is 9.52 Å². The summed E-state index contributed by atoms with van der Waals surface area (Å²) in [7, 11) is 0.540. The second kappa shape index (κ2) is 10.5. The molecule has 0 radical (unpaired) electrons. The molecule has 0 bridgehead atoms. The first-order valence-electron chi connectivity index (χ1n) is 10.3. The molecule has 0 heterocycles. The number of halogens is 1. The van der Waals surface area contributed by atoms with E-state index in [9.17, 15) is 17.6 Å². The molecule has 180 valence electrons. The van der Waals surface area contributed by atoms with Crippen molar-refractivity contribution in [3.8, 4) is 22.6 Å². The summed E-state index contributed by atoms with van der Waals surface area (Å²) in [5.41, 5.74) is 1.34. The Bertz CT molecular complexity index is 1280. The van der Waals surface area contributed by atoms with Gasteiger partial charge in [-0.2, -0.15) is 0 Å². The van der Waals surface area contributed by atoms with Gasteiger partial charge in [-0.25, -0.2) is 12.8 Å². The van der Waals surface area contributed by atoms with Gasteiger partial charge in [-0.15, -0.1) is 0 Å². The van der Waals surface area contributed by atoms with Crippen LogP contribution in [0.25, 0.3) is 11.1 Å². The molecule has 3 N–H and O–H groups in total. The third-order valence-corrected chi connectivity index (χ3v) is 6.57. The summed E-state index contributed by atoms with van der Waals surface area (Å²) in [6, 6.07) is 14.3. The lowest BCUT2D eigenvalue weighted by Crippen LogP contribution is -2.35. The number of rotatable bonds is 9. The molecular formula is C24H26FN3O5S. The average molecular weight is 488 g/mol. The van der Waals surface area contributed by atoms with E-state index in [1.54, 1.807) is 26.1 Å². The molecule has 3 aromatic rings. The van der Waals surface area contributed by atoms with Gasteiger partial charge in [0, 0.05) is 11.3 Å². The van der Waals surface area contributed by atoms with Crippen molar-refractivity contribution in [3.63, 3.8) is 0 Å². The number of sulfonamides is 1. The van der Waals surface area contributed by atoms with E-state index in [0.29, 0.717) is 17.0 Å². The Morgan fingerprint density at radius 1 is 0.971 bits per heavy atom. The fraction of sp³-hybridized carbons (Fsp3) is 0.208. The largest absolute Gasteiger partial charge is 0.497 e. The first kappa shape index (κ1) is 25.0. The van der Waals surface area contributed by atoms with E-state index in [-0.39, 0.29) is 27.8 Å². The summed E-state index contributed by atoms with van der Waals surface area (Å²) in [5, 5.41) is 5.54. The molecular weight excluding hydrogens is 461 g/mol. The highest BCUT2D eigenvalue weighted by Gasteiger charge is 2.19. The van der Waals surface area contributed by atoms with Crippen LogP contribution in [0.3, 0.4) is 0 Å². The van der Waals surface area contributed by atoms with Crippen molar-refractivity contribution >= 4 is 27.3 Å². The highest BCUT2D eigenvalue weighted by atomic mass is 32.2. The Morgan fingerprint density at radius 3 is 2.29 bits per heavy atom. The lowest BCUT2D eigenvalue weighted by atomic mass is 10.1. The molecule has 0 aliphatic heterocycles. The zero-order valence-electron chi connectivity index (χ0n) is 19.2. The quantitative estimate of drug-likeness (QED) is 0.423. The maximum atomic E-state index is 14.3. The minimum absolute atomic E-state index is 0.0279. The molecule has 0 aromatic heterocycles. The molecule has 10 heteroatoms. The molecule has 3 aromatic carbocycles. The molecule has 0 unspecified atom stereocenters. The van der Waals surface area contributed by atoms with E-state index >= 15 is 0 Å². The van der Waals surface area contributed by atoms with Crippen LogP contribution in [-0.2, 0) is 14.8 Å². The number of carbonyl (C=O) groups is 1. The fourth-order valence-corrected chi connectivity index (χ4v) is 4.18. The number of ether oxygens (including phenoxy) is 2. The van der Waals surface area contributed by atoms with Crippen molar-refractivity contribution in [2.75, 3.05) is 31.3 Å². The topological polar surface area (TPSA) is 106 Å². The van der Waals surface area contributed by atoms with Gasteiger partial charge in [0.25, 0.3) is 10.0 Å². The first-order valence-corrected chi connectivity index (χ1v) is 11.8. The highest BCUT2D eigenvalue weighted by Crippen LogP contribution is 2.31. The second-order valence-electron chi connectivity index (χ2n) is 7.39. The standard InChI is InChI=1S/C24H26FN3O5S/c1-15(26-2)24(29)27-17-7-12-23(33-4)22(13-17)28-34(30,31)19-9-5-16(6-10-19)20-14-18(32-3)8-11-21(20)25/h5-15,26,28H,1-4H3,(H,27,29)/t15-/m0/s1. The number of methoxy groups -OCH3 is 2. The third-order valence-electron chi connectivity index (χ3n) is 5.19. The zero-order valence-corrected chi connectivity index (χ0v) is 20.0. The van der Waals surface area contributed by atoms with Crippen molar-refractivity contribution in [2.24, 2.45) is 0 Å². The molecule has 0 saturated heterocycles. The van der Waals surface area contributed by atoms with Gasteiger partial charge < -0.3 is 20.1 Å². The Morgan fingerprint density at radius 2 is 1.68 bits per heavy atom. The van der Waals surface area contributed by atoms with Crippen molar-refractivity contribution in [1.82, 2.24) is 5.32 Å². The van der Waals surface area contributed by atoms with Crippen LogP contribution in [0, 0.1) is 5.82 Å². The lowest BCUT2D eigenvalue weighted by Gasteiger charge is -2.15. The Labute approximate surface area is 198 Å². The second-order valence-corrected chi connectivity index (χ2v) is 9.07. The Balaban J connectivity index is 1.87.